The molecule has 0 amide bonds. The zero-order chi connectivity index (χ0) is 10.5. The van der Waals surface area contributed by atoms with Crippen LogP contribution in [0.3, 0.4) is 0 Å². The first-order chi connectivity index (χ1) is 7.20. The van der Waals surface area contributed by atoms with Gasteiger partial charge in [-0.1, -0.05) is 24.3 Å². The summed E-state index contributed by atoms with van der Waals surface area (Å²) in [5.74, 6) is 0. The van der Waals surface area contributed by atoms with Gasteiger partial charge in [0.1, 0.15) is 0 Å². The number of rotatable bonds is 0. The van der Waals surface area contributed by atoms with Gasteiger partial charge >= 0.3 is 0 Å². The van der Waals surface area contributed by atoms with Crippen LogP contribution in [0.2, 0.25) is 0 Å². The Balaban J connectivity index is 2.07. The molecule has 0 radical (unpaired) electrons. The lowest BCUT2D eigenvalue weighted by atomic mass is 9.90. The summed E-state index contributed by atoms with van der Waals surface area (Å²) >= 11 is 0. The van der Waals surface area contributed by atoms with Crippen molar-refractivity contribution in [1.82, 2.24) is 9.80 Å². The minimum atomic E-state index is 0.254. The van der Waals surface area contributed by atoms with Crippen molar-refractivity contribution in [3.8, 4) is 0 Å². The fraction of sp³-hybridized carbons (Fsp3) is 0.538. The molecule has 1 aromatic rings. The van der Waals surface area contributed by atoms with Crippen LogP contribution in [0.5, 0.6) is 0 Å². The summed E-state index contributed by atoms with van der Waals surface area (Å²) in [6.45, 7) is 7.07. The Morgan fingerprint density at radius 1 is 1.20 bits per heavy atom. The van der Waals surface area contributed by atoms with E-state index in [1.165, 1.54) is 24.2 Å². The van der Waals surface area contributed by atoms with Crippen LogP contribution in [0.1, 0.15) is 18.1 Å². The Morgan fingerprint density at radius 2 is 2.00 bits per heavy atom. The third kappa shape index (κ3) is 1.25. The lowest BCUT2D eigenvalue weighted by Crippen LogP contribution is -2.54. The first kappa shape index (κ1) is 9.37. The van der Waals surface area contributed by atoms with Gasteiger partial charge < -0.3 is 4.90 Å². The van der Waals surface area contributed by atoms with Crippen molar-refractivity contribution in [2.24, 2.45) is 0 Å². The maximum atomic E-state index is 2.62. The van der Waals surface area contributed by atoms with Crippen LogP contribution in [0.15, 0.2) is 24.3 Å². The smallest absolute Gasteiger partial charge is 0.0566 e. The first-order valence-corrected chi connectivity index (χ1v) is 5.72. The highest BCUT2D eigenvalue weighted by Crippen LogP contribution is 2.40. The highest BCUT2D eigenvalue weighted by molar-refractivity contribution is 5.38. The number of benzene rings is 1. The molecule has 3 rings (SSSR count). The second-order valence-corrected chi connectivity index (χ2v) is 5.09. The zero-order valence-electron chi connectivity index (χ0n) is 9.53. The normalized spacial score (nSPS) is 31.3. The second kappa shape index (κ2) is 3.06. The van der Waals surface area contributed by atoms with E-state index < -0.39 is 0 Å². The largest absolute Gasteiger partial charge is 0.303 e. The Labute approximate surface area is 91.5 Å². The molecule has 2 heteroatoms. The van der Waals surface area contributed by atoms with E-state index in [-0.39, 0.29) is 5.54 Å². The fourth-order valence-corrected chi connectivity index (χ4v) is 3.14. The van der Waals surface area contributed by atoms with E-state index >= 15 is 0 Å². The highest BCUT2D eigenvalue weighted by Gasteiger charge is 2.43. The molecule has 2 heterocycles. The SMILES string of the molecule is CN1CCN2Cc3ccccc3C2(C)C1. The predicted octanol–water partition coefficient (Wildman–Crippen LogP) is 1.66. The van der Waals surface area contributed by atoms with Gasteiger partial charge in [-0.15, -0.1) is 0 Å². The molecule has 0 aromatic heterocycles. The molecule has 80 valence electrons. The second-order valence-electron chi connectivity index (χ2n) is 5.09. The molecule has 0 saturated carbocycles. The lowest BCUT2D eigenvalue weighted by molar-refractivity contribution is 0.0277. The van der Waals surface area contributed by atoms with E-state index in [1.54, 1.807) is 0 Å². The number of likely N-dealkylation sites (N-methyl/N-ethyl adjacent to an activating group) is 1. The maximum absolute atomic E-state index is 2.62. The van der Waals surface area contributed by atoms with Crippen LogP contribution in [0, 0.1) is 0 Å². The molecule has 0 bridgehead atoms. The molecular weight excluding hydrogens is 184 g/mol. The van der Waals surface area contributed by atoms with Crippen molar-refractivity contribution in [3.05, 3.63) is 35.4 Å². The molecule has 1 aromatic carbocycles. The van der Waals surface area contributed by atoms with Gasteiger partial charge in [0.05, 0.1) is 5.54 Å². The van der Waals surface area contributed by atoms with Crippen LogP contribution < -0.4 is 0 Å². The molecule has 2 nitrogen and oxygen atoms in total. The van der Waals surface area contributed by atoms with Crippen molar-refractivity contribution in [2.45, 2.75) is 19.0 Å². The van der Waals surface area contributed by atoms with Crippen molar-refractivity contribution < 1.29 is 0 Å². The summed E-state index contributed by atoms with van der Waals surface area (Å²) < 4.78 is 0. The van der Waals surface area contributed by atoms with E-state index in [0.717, 1.165) is 13.1 Å². The monoisotopic (exact) mass is 202 g/mol. The number of fused-ring (bicyclic) bond motifs is 3. The van der Waals surface area contributed by atoms with E-state index in [9.17, 15) is 0 Å². The maximum Gasteiger partial charge on any atom is 0.0566 e. The molecule has 15 heavy (non-hydrogen) atoms. The van der Waals surface area contributed by atoms with Gasteiger partial charge in [-0.05, 0) is 25.1 Å². The highest BCUT2D eigenvalue weighted by atomic mass is 15.3. The van der Waals surface area contributed by atoms with Gasteiger partial charge in [-0.25, -0.2) is 0 Å². The molecule has 0 spiro atoms. The molecule has 1 unspecified atom stereocenters. The number of nitrogens with zero attached hydrogens (tertiary/aromatic N) is 2. The summed E-state index contributed by atoms with van der Waals surface area (Å²) in [7, 11) is 2.23. The van der Waals surface area contributed by atoms with Crippen molar-refractivity contribution in [3.63, 3.8) is 0 Å². The molecule has 2 aliphatic rings. The molecule has 1 atom stereocenters. The van der Waals surface area contributed by atoms with Gasteiger partial charge in [-0.2, -0.15) is 0 Å². The van der Waals surface area contributed by atoms with Crippen molar-refractivity contribution in [1.29, 1.82) is 0 Å². The summed E-state index contributed by atoms with van der Waals surface area (Å²) in [5, 5.41) is 0. The van der Waals surface area contributed by atoms with Gasteiger partial charge in [0.25, 0.3) is 0 Å². The molecule has 1 saturated heterocycles. The number of hydrogen-bond donors (Lipinski definition) is 0. The average Bonchev–Trinajstić information content (AvgIpc) is 2.51. The average molecular weight is 202 g/mol. The quantitative estimate of drug-likeness (QED) is 0.631. The molecular formula is C13H18N2. The number of piperazine rings is 1. The van der Waals surface area contributed by atoms with Crippen molar-refractivity contribution in [2.75, 3.05) is 26.7 Å². The number of hydrogen-bond acceptors (Lipinski definition) is 2. The Kier molecular flexibility index (Phi) is 1.91. The molecule has 0 N–H and O–H groups in total. The topological polar surface area (TPSA) is 6.48 Å². The summed E-state index contributed by atoms with van der Waals surface area (Å²) in [5.41, 5.74) is 3.32. The third-order valence-corrected chi connectivity index (χ3v) is 3.99. The van der Waals surface area contributed by atoms with Crippen LogP contribution in [0.25, 0.3) is 0 Å². The standard InChI is InChI=1S/C13H18N2/c1-13-10-14(2)7-8-15(13)9-11-5-3-4-6-12(11)13/h3-6H,7-10H2,1-2H3. The zero-order valence-corrected chi connectivity index (χ0v) is 9.53. The van der Waals surface area contributed by atoms with E-state index in [2.05, 4.69) is 48.0 Å². The Morgan fingerprint density at radius 3 is 2.87 bits per heavy atom. The minimum Gasteiger partial charge on any atom is -0.303 e. The van der Waals surface area contributed by atoms with Crippen LogP contribution in [0.4, 0.5) is 0 Å². The Bertz CT molecular complexity index is 388. The van der Waals surface area contributed by atoms with Crippen molar-refractivity contribution >= 4 is 0 Å². The summed E-state index contributed by atoms with van der Waals surface area (Å²) in [4.78, 5) is 5.07. The van der Waals surface area contributed by atoms with Gasteiger partial charge in [0.2, 0.25) is 0 Å². The van der Waals surface area contributed by atoms with Crippen LogP contribution in [-0.2, 0) is 12.1 Å². The minimum absolute atomic E-state index is 0.254. The van der Waals surface area contributed by atoms with E-state index in [4.69, 9.17) is 0 Å². The Hall–Kier alpha value is -0.860. The summed E-state index contributed by atoms with van der Waals surface area (Å²) in [6, 6.07) is 8.90. The molecule has 1 fully saturated rings. The van der Waals surface area contributed by atoms with Gasteiger partial charge in [0, 0.05) is 26.2 Å². The van der Waals surface area contributed by atoms with Gasteiger partial charge in [0.15, 0.2) is 0 Å². The van der Waals surface area contributed by atoms with Crippen LogP contribution in [-0.4, -0.2) is 36.5 Å². The van der Waals surface area contributed by atoms with Crippen LogP contribution >= 0.6 is 0 Å². The first-order valence-electron chi connectivity index (χ1n) is 5.72. The van der Waals surface area contributed by atoms with E-state index in [0.29, 0.717) is 0 Å². The predicted molar refractivity (Wildman–Crippen MR) is 61.7 cm³/mol. The fourth-order valence-electron chi connectivity index (χ4n) is 3.14. The summed E-state index contributed by atoms with van der Waals surface area (Å²) in [6.07, 6.45) is 0. The van der Waals surface area contributed by atoms with E-state index in [1.807, 2.05) is 0 Å². The molecule has 2 aliphatic heterocycles. The lowest BCUT2D eigenvalue weighted by Gasteiger charge is -2.44. The van der Waals surface area contributed by atoms with Gasteiger partial charge in [-0.3, -0.25) is 4.90 Å². The molecule has 0 aliphatic carbocycles. The third-order valence-electron chi connectivity index (χ3n) is 3.99.